The number of carbonyl (C=O) groups is 1. The highest BCUT2D eigenvalue weighted by Gasteiger charge is 2.17. The maximum absolute atomic E-state index is 12.4. The van der Waals surface area contributed by atoms with E-state index < -0.39 is 0 Å². The van der Waals surface area contributed by atoms with Crippen molar-refractivity contribution in [2.45, 2.75) is 46.4 Å². The van der Waals surface area contributed by atoms with E-state index >= 15 is 0 Å². The Kier molecular flexibility index (Phi) is 6.39. The molecule has 1 amide bonds. The van der Waals surface area contributed by atoms with Crippen LogP contribution in [-0.2, 0) is 19.6 Å². The number of amides is 1. The average molecular weight is 435 g/mol. The van der Waals surface area contributed by atoms with E-state index in [2.05, 4.69) is 45.3 Å². The van der Waals surface area contributed by atoms with Crippen LogP contribution in [0, 0.1) is 6.92 Å². The van der Waals surface area contributed by atoms with E-state index in [1.54, 1.807) is 0 Å². The summed E-state index contributed by atoms with van der Waals surface area (Å²) < 4.78 is 2.22. The predicted octanol–water partition coefficient (Wildman–Crippen LogP) is 4.00. The largest absolute Gasteiger partial charge is 0.346 e. The number of hydrogen-bond donors (Lipinski definition) is 2. The number of imidazole rings is 1. The highest BCUT2D eigenvalue weighted by atomic mass is 32.1. The molecule has 2 aromatic heterocycles. The summed E-state index contributed by atoms with van der Waals surface area (Å²) in [6.45, 7) is 8.09. The molecule has 4 aromatic rings. The normalized spacial score (nSPS) is 12.2. The molecule has 2 aromatic carbocycles. The molecule has 8 heteroatoms. The molecule has 7 nitrogen and oxygen atoms in total. The molecule has 0 saturated heterocycles. The summed E-state index contributed by atoms with van der Waals surface area (Å²) in [5, 5.41) is 15.7. The highest BCUT2D eigenvalue weighted by molar-refractivity contribution is 7.13. The lowest BCUT2D eigenvalue weighted by atomic mass is 10.1. The van der Waals surface area contributed by atoms with E-state index in [0.717, 1.165) is 34.0 Å². The Bertz CT molecular complexity index is 1180. The van der Waals surface area contributed by atoms with Crippen molar-refractivity contribution in [3.63, 3.8) is 0 Å². The molecule has 0 aliphatic rings. The third-order valence-electron chi connectivity index (χ3n) is 5.18. The van der Waals surface area contributed by atoms with Gasteiger partial charge in [0.2, 0.25) is 5.01 Å². The molecule has 0 unspecified atom stereocenters. The second-order valence-corrected chi connectivity index (χ2v) is 8.54. The van der Waals surface area contributed by atoms with Gasteiger partial charge in [-0.15, -0.1) is 10.2 Å². The molecule has 0 aliphatic heterocycles. The molecular weight excluding hydrogens is 408 g/mol. The minimum Gasteiger partial charge on any atom is -0.346 e. The predicted molar refractivity (Wildman–Crippen MR) is 123 cm³/mol. The Morgan fingerprint density at radius 2 is 1.87 bits per heavy atom. The zero-order chi connectivity index (χ0) is 21.8. The summed E-state index contributed by atoms with van der Waals surface area (Å²) in [6, 6.07) is 16.3. The lowest BCUT2D eigenvalue weighted by Gasteiger charge is -2.14. The lowest BCUT2D eigenvalue weighted by Crippen LogP contribution is -2.22. The summed E-state index contributed by atoms with van der Waals surface area (Å²) in [5.41, 5.74) is 4.38. The zero-order valence-corrected chi connectivity index (χ0v) is 18.7. The highest BCUT2D eigenvalue weighted by Crippen LogP contribution is 2.21. The van der Waals surface area contributed by atoms with Crippen molar-refractivity contribution in [2.24, 2.45) is 0 Å². The number of rotatable bonds is 8. The molecule has 160 valence electrons. The fraction of sp³-hybridized carbons (Fsp3) is 0.304. The molecule has 0 aliphatic carbocycles. The maximum Gasteiger partial charge on any atom is 0.282 e. The van der Waals surface area contributed by atoms with Crippen LogP contribution in [-0.4, -0.2) is 25.7 Å². The van der Waals surface area contributed by atoms with E-state index in [1.165, 1.54) is 16.9 Å². The summed E-state index contributed by atoms with van der Waals surface area (Å²) in [5.74, 6) is 0.787. The Labute approximate surface area is 185 Å². The molecule has 0 radical (unpaired) electrons. The smallest absolute Gasteiger partial charge is 0.282 e. The molecule has 4 rings (SSSR count). The third kappa shape index (κ3) is 4.81. The van der Waals surface area contributed by atoms with Crippen molar-refractivity contribution in [2.75, 3.05) is 0 Å². The topological polar surface area (TPSA) is 84.7 Å². The number of nitrogens with one attached hydrogen (secondary N) is 2. The standard InChI is InChI=1S/C23H26N6OS/c1-4-29-19-8-6-5-7-18(19)26-21(29)16(3)24-14-20-27-28-23(31-20)22(30)25-13-17-11-9-15(2)10-12-17/h5-12,16,24H,4,13-14H2,1-3H3,(H,25,30)/t16-/m1/s1. The van der Waals surface area contributed by atoms with Gasteiger partial charge >= 0.3 is 0 Å². The van der Waals surface area contributed by atoms with Crippen LogP contribution < -0.4 is 10.6 Å². The van der Waals surface area contributed by atoms with Crippen LogP contribution >= 0.6 is 11.3 Å². The first kappa shape index (κ1) is 21.1. The van der Waals surface area contributed by atoms with Crippen molar-refractivity contribution >= 4 is 28.3 Å². The zero-order valence-electron chi connectivity index (χ0n) is 17.9. The third-order valence-corrected chi connectivity index (χ3v) is 6.10. The van der Waals surface area contributed by atoms with Gasteiger partial charge in [-0.25, -0.2) is 4.98 Å². The van der Waals surface area contributed by atoms with Gasteiger partial charge < -0.3 is 15.2 Å². The fourth-order valence-electron chi connectivity index (χ4n) is 3.47. The van der Waals surface area contributed by atoms with Crippen molar-refractivity contribution < 1.29 is 4.79 Å². The first-order chi connectivity index (χ1) is 15.0. The second-order valence-electron chi connectivity index (χ2n) is 7.47. The number of para-hydroxylation sites is 2. The Morgan fingerprint density at radius 1 is 1.10 bits per heavy atom. The van der Waals surface area contributed by atoms with Crippen LogP contribution in [0.3, 0.4) is 0 Å². The average Bonchev–Trinajstić information content (AvgIpc) is 3.41. The van der Waals surface area contributed by atoms with Crippen LogP contribution in [0.5, 0.6) is 0 Å². The van der Waals surface area contributed by atoms with Crippen LogP contribution in [0.2, 0.25) is 0 Å². The summed E-state index contributed by atoms with van der Waals surface area (Å²) in [7, 11) is 0. The van der Waals surface area contributed by atoms with E-state index in [-0.39, 0.29) is 11.9 Å². The molecule has 0 spiro atoms. The van der Waals surface area contributed by atoms with Gasteiger partial charge in [-0.05, 0) is 38.5 Å². The quantitative estimate of drug-likeness (QED) is 0.438. The molecule has 0 saturated carbocycles. The van der Waals surface area contributed by atoms with E-state index in [9.17, 15) is 4.79 Å². The number of carbonyl (C=O) groups excluding carboxylic acids is 1. The summed E-state index contributed by atoms with van der Waals surface area (Å²) in [4.78, 5) is 17.2. The van der Waals surface area contributed by atoms with E-state index in [0.29, 0.717) is 18.1 Å². The molecule has 31 heavy (non-hydrogen) atoms. The van der Waals surface area contributed by atoms with Crippen LogP contribution in [0.15, 0.2) is 48.5 Å². The van der Waals surface area contributed by atoms with Crippen molar-refractivity contribution in [1.82, 2.24) is 30.4 Å². The fourth-order valence-corrected chi connectivity index (χ4v) is 4.18. The Balaban J connectivity index is 1.35. The summed E-state index contributed by atoms with van der Waals surface area (Å²) >= 11 is 1.31. The van der Waals surface area contributed by atoms with Gasteiger partial charge in [-0.2, -0.15) is 0 Å². The molecule has 1 atom stereocenters. The number of nitrogens with zero attached hydrogens (tertiary/aromatic N) is 4. The molecular formula is C23H26N6OS. The van der Waals surface area contributed by atoms with E-state index in [4.69, 9.17) is 4.98 Å². The number of benzene rings is 2. The van der Waals surface area contributed by atoms with Crippen molar-refractivity contribution in [3.05, 3.63) is 75.5 Å². The van der Waals surface area contributed by atoms with Crippen LogP contribution in [0.25, 0.3) is 11.0 Å². The monoisotopic (exact) mass is 434 g/mol. The van der Waals surface area contributed by atoms with Crippen LogP contribution in [0.1, 0.15) is 51.7 Å². The molecule has 0 bridgehead atoms. The number of aromatic nitrogens is 4. The number of hydrogen-bond acceptors (Lipinski definition) is 6. The van der Waals surface area contributed by atoms with Gasteiger partial charge in [-0.1, -0.05) is 53.3 Å². The second kappa shape index (κ2) is 9.36. The number of aryl methyl sites for hydroxylation is 2. The Morgan fingerprint density at radius 3 is 2.65 bits per heavy atom. The van der Waals surface area contributed by atoms with Gasteiger partial charge in [0, 0.05) is 13.1 Å². The van der Waals surface area contributed by atoms with Crippen molar-refractivity contribution in [3.8, 4) is 0 Å². The van der Waals surface area contributed by atoms with Crippen LogP contribution in [0.4, 0.5) is 0 Å². The van der Waals surface area contributed by atoms with Gasteiger partial charge in [0.1, 0.15) is 10.8 Å². The molecule has 2 N–H and O–H groups in total. The van der Waals surface area contributed by atoms with Gasteiger partial charge in [0.25, 0.3) is 5.91 Å². The van der Waals surface area contributed by atoms with Crippen molar-refractivity contribution in [1.29, 1.82) is 0 Å². The number of fused-ring (bicyclic) bond motifs is 1. The maximum atomic E-state index is 12.4. The van der Waals surface area contributed by atoms with Gasteiger partial charge in [-0.3, -0.25) is 4.79 Å². The Hall–Kier alpha value is -3.10. The minimum atomic E-state index is -0.204. The first-order valence-electron chi connectivity index (χ1n) is 10.4. The minimum absolute atomic E-state index is 0.0371. The van der Waals surface area contributed by atoms with Gasteiger partial charge in [0.15, 0.2) is 0 Å². The SMILES string of the molecule is CCn1c([C@@H](C)NCc2nnc(C(=O)NCc3ccc(C)cc3)s2)nc2ccccc21. The van der Waals surface area contributed by atoms with Gasteiger partial charge in [0.05, 0.1) is 23.6 Å². The summed E-state index contributed by atoms with van der Waals surface area (Å²) in [6.07, 6.45) is 0. The van der Waals surface area contributed by atoms with E-state index in [1.807, 2.05) is 49.4 Å². The first-order valence-corrected chi connectivity index (χ1v) is 11.2. The lowest BCUT2D eigenvalue weighted by molar-refractivity contribution is 0.0950. The molecule has 0 fully saturated rings. The molecule has 2 heterocycles.